The van der Waals surface area contributed by atoms with Crippen LogP contribution in [0.4, 0.5) is 11.4 Å². The van der Waals surface area contributed by atoms with Crippen molar-refractivity contribution in [3.63, 3.8) is 0 Å². The molecule has 0 aliphatic carbocycles. The van der Waals surface area contributed by atoms with Crippen LogP contribution in [-0.2, 0) is 0 Å². The van der Waals surface area contributed by atoms with E-state index in [0.29, 0.717) is 6.04 Å². The number of hydrogen-bond acceptors (Lipinski definition) is 3. The molecule has 140 valence electrons. The minimum absolute atomic E-state index is 0.301. The summed E-state index contributed by atoms with van der Waals surface area (Å²) < 4.78 is 0. The molecule has 0 spiro atoms. The van der Waals surface area contributed by atoms with Gasteiger partial charge in [0.1, 0.15) is 0 Å². The lowest BCUT2D eigenvalue weighted by Gasteiger charge is -2.34. The first-order valence-corrected chi connectivity index (χ1v) is 10.9. The lowest BCUT2D eigenvalue weighted by atomic mass is 10.0. The molecule has 0 radical (unpaired) electrons. The van der Waals surface area contributed by atoms with Crippen LogP contribution < -0.4 is 9.80 Å². The van der Waals surface area contributed by atoms with E-state index in [1.807, 2.05) is 11.8 Å². The summed E-state index contributed by atoms with van der Waals surface area (Å²) in [4.78, 5) is 6.40. The van der Waals surface area contributed by atoms with Crippen LogP contribution in [0.1, 0.15) is 38.7 Å². The van der Waals surface area contributed by atoms with Gasteiger partial charge in [-0.3, -0.25) is 0 Å². The van der Waals surface area contributed by atoms with Gasteiger partial charge in [-0.25, -0.2) is 0 Å². The number of para-hydroxylation sites is 2. The fourth-order valence-corrected chi connectivity index (χ4v) is 5.12. The highest BCUT2D eigenvalue weighted by Gasteiger charge is 2.27. The molecule has 0 saturated carbocycles. The molecule has 2 aromatic carbocycles. The summed E-state index contributed by atoms with van der Waals surface area (Å²) >= 11 is 1.92. The van der Waals surface area contributed by atoms with E-state index in [1.165, 1.54) is 46.1 Å². The number of fused-ring (bicyclic) bond motifs is 2. The van der Waals surface area contributed by atoms with Gasteiger partial charge in [-0.15, -0.1) is 0 Å². The van der Waals surface area contributed by atoms with E-state index in [0.717, 1.165) is 13.1 Å². The van der Waals surface area contributed by atoms with Gasteiger partial charge >= 0.3 is 0 Å². The van der Waals surface area contributed by atoms with E-state index in [2.05, 4.69) is 90.4 Å². The molecule has 2 heterocycles. The molecule has 1 unspecified atom stereocenters. The van der Waals surface area contributed by atoms with Gasteiger partial charge in [-0.2, -0.15) is 0 Å². The maximum absolute atomic E-state index is 2.53. The molecule has 2 aromatic rings. The number of likely N-dealkylation sites (N-methyl/N-ethyl adjacent to an activating group) is 1. The zero-order valence-electron chi connectivity index (χ0n) is 16.3. The topological polar surface area (TPSA) is 6.48 Å². The molecule has 27 heavy (non-hydrogen) atoms. The first-order chi connectivity index (χ1) is 13.3. The number of nitrogens with zero attached hydrogens (tertiary/aromatic N) is 2. The Hall–Kier alpha value is -2.13. The Morgan fingerprint density at radius 3 is 2.56 bits per heavy atom. The fourth-order valence-electron chi connectivity index (χ4n) is 3.96. The average Bonchev–Trinajstić information content (AvgIpc) is 3.05. The number of anilines is 2. The predicted octanol–water partition coefficient (Wildman–Crippen LogP) is 6.55. The van der Waals surface area contributed by atoms with Gasteiger partial charge in [0, 0.05) is 23.7 Å². The third-order valence-corrected chi connectivity index (χ3v) is 6.49. The van der Waals surface area contributed by atoms with Crippen molar-refractivity contribution in [3.8, 4) is 0 Å². The second kappa shape index (κ2) is 8.26. The third-order valence-electron chi connectivity index (χ3n) is 5.35. The largest absolute Gasteiger partial charge is 0.361 e. The summed E-state index contributed by atoms with van der Waals surface area (Å²) in [6.07, 6.45) is 10.8. The smallest absolute Gasteiger partial charge is 0.0784 e. The molecule has 2 aliphatic heterocycles. The van der Waals surface area contributed by atoms with Gasteiger partial charge in [0.2, 0.25) is 0 Å². The third kappa shape index (κ3) is 3.66. The molecule has 0 bridgehead atoms. The van der Waals surface area contributed by atoms with Crippen molar-refractivity contribution in [3.05, 3.63) is 71.3 Å². The number of rotatable bonds is 6. The zero-order chi connectivity index (χ0) is 18.6. The molecule has 4 rings (SSSR count). The molecule has 0 amide bonds. The van der Waals surface area contributed by atoms with Crippen LogP contribution in [0.25, 0.3) is 6.08 Å². The number of benzene rings is 2. The van der Waals surface area contributed by atoms with E-state index in [1.54, 1.807) is 0 Å². The number of thioether (sulfide) groups is 1. The highest BCUT2D eigenvalue weighted by atomic mass is 32.2. The summed E-state index contributed by atoms with van der Waals surface area (Å²) in [7, 11) is 0. The second-order valence-corrected chi connectivity index (χ2v) is 8.19. The molecular weight excluding hydrogens is 348 g/mol. The van der Waals surface area contributed by atoms with Gasteiger partial charge < -0.3 is 9.80 Å². The van der Waals surface area contributed by atoms with Crippen molar-refractivity contribution < 1.29 is 0 Å². The molecule has 0 N–H and O–H groups in total. The molecular formula is C24H28N2S. The maximum Gasteiger partial charge on any atom is 0.0784 e. The second-order valence-electron chi connectivity index (χ2n) is 7.13. The monoisotopic (exact) mass is 376 g/mol. The Balaban J connectivity index is 1.64. The number of hydrogen-bond donors (Lipinski definition) is 0. The van der Waals surface area contributed by atoms with Gasteiger partial charge in [0.05, 0.1) is 16.8 Å². The maximum atomic E-state index is 2.53. The summed E-state index contributed by atoms with van der Waals surface area (Å²) in [5.41, 5.74) is 4.02. The van der Waals surface area contributed by atoms with Gasteiger partial charge in [-0.05, 0) is 43.2 Å². The van der Waals surface area contributed by atoms with Crippen molar-refractivity contribution in [2.24, 2.45) is 0 Å². The quantitative estimate of drug-likeness (QED) is 0.528. The molecule has 0 fully saturated rings. The Morgan fingerprint density at radius 1 is 0.963 bits per heavy atom. The van der Waals surface area contributed by atoms with Crippen LogP contribution in [0.15, 0.2) is 70.6 Å². The standard InChI is InChI=1S/C24H28N2S/c1-3-5-10-17-26-22-13-8-9-14-23(22)27-24(26)18-20-16-15-19-11-6-7-12-21(19)25(20)4-2/h6-9,11-16,18,20H,3-5,10,17H2,1-2H3/b24-18-. The van der Waals surface area contributed by atoms with Crippen LogP contribution in [0.2, 0.25) is 0 Å². The lowest BCUT2D eigenvalue weighted by Crippen LogP contribution is -2.35. The molecule has 1 atom stereocenters. The molecule has 0 aromatic heterocycles. The Kier molecular flexibility index (Phi) is 5.58. The average molecular weight is 377 g/mol. The van der Waals surface area contributed by atoms with Crippen LogP contribution in [0.5, 0.6) is 0 Å². The first-order valence-electron chi connectivity index (χ1n) is 10.1. The summed E-state index contributed by atoms with van der Waals surface area (Å²) in [6.45, 7) is 6.62. The Morgan fingerprint density at radius 2 is 1.74 bits per heavy atom. The summed E-state index contributed by atoms with van der Waals surface area (Å²) in [6, 6.07) is 17.8. The Labute approximate surface area is 167 Å². The van der Waals surface area contributed by atoms with Crippen LogP contribution in [-0.4, -0.2) is 19.1 Å². The minimum Gasteiger partial charge on any atom is -0.361 e. The van der Waals surface area contributed by atoms with Crippen molar-refractivity contribution >= 4 is 29.2 Å². The van der Waals surface area contributed by atoms with Crippen LogP contribution in [0.3, 0.4) is 0 Å². The number of unbranched alkanes of at least 4 members (excludes halogenated alkanes) is 2. The van der Waals surface area contributed by atoms with Gasteiger partial charge in [0.25, 0.3) is 0 Å². The van der Waals surface area contributed by atoms with Crippen molar-refractivity contribution in [2.75, 3.05) is 22.9 Å². The fraction of sp³-hybridized carbons (Fsp3) is 0.333. The molecule has 3 heteroatoms. The van der Waals surface area contributed by atoms with Crippen molar-refractivity contribution in [1.82, 2.24) is 0 Å². The van der Waals surface area contributed by atoms with Crippen molar-refractivity contribution in [2.45, 2.75) is 44.0 Å². The Bertz CT molecular complexity index is 855. The predicted molar refractivity (Wildman–Crippen MR) is 120 cm³/mol. The van der Waals surface area contributed by atoms with Crippen molar-refractivity contribution in [1.29, 1.82) is 0 Å². The van der Waals surface area contributed by atoms with E-state index in [-0.39, 0.29) is 0 Å². The highest BCUT2D eigenvalue weighted by Crippen LogP contribution is 2.46. The lowest BCUT2D eigenvalue weighted by molar-refractivity contribution is 0.710. The zero-order valence-corrected chi connectivity index (χ0v) is 17.1. The van der Waals surface area contributed by atoms with E-state index in [9.17, 15) is 0 Å². The molecule has 2 aliphatic rings. The van der Waals surface area contributed by atoms with Gasteiger partial charge in [-0.1, -0.05) is 74.0 Å². The van der Waals surface area contributed by atoms with Crippen LogP contribution in [0, 0.1) is 0 Å². The van der Waals surface area contributed by atoms with Crippen LogP contribution >= 0.6 is 11.8 Å². The molecule has 2 nitrogen and oxygen atoms in total. The summed E-state index contributed by atoms with van der Waals surface area (Å²) in [5, 5.41) is 1.37. The van der Waals surface area contributed by atoms with Gasteiger partial charge in [0.15, 0.2) is 0 Å². The van der Waals surface area contributed by atoms with E-state index >= 15 is 0 Å². The normalized spacial score (nSPS) is 19.5. The SMILES string of the molecule is CCCCCN1/C(=C/C2C=Cc3ccccc3N2CC)Sc2ccccc21. The molecule has 0 saturated heterocycles. The summed E-state index contributed by atoms with van der Waals surface area (Å²) in [5.74, 6) is 0. The van der Waals surface area contributed by atoms with E-state index < -0.39 is 0 Å². The first kappa shape index (κ1) is 18.2. The minimum atomic E-state index is 0.301. The highest BCUT2D eigenvalue weighted by molar-refractivity contribution is 8.03. The van der Waals surface area contributed by atoms with E-state index in [4.69, 9.17) is 0 Å².